The quantitative estimate of drug-likeness (QED) is 0.441. The van der Waals surface area contributed by atoms with E-state index in [1.165, 1.54) is 5.57 Å². The molecule has 0 saturated carbocycles. The minimum Gasteiger partial charge on any atom is -0.325 e. The van der Waals surface area contributed by atoms with E-state index in [4.69, 9.17) is 0 Å². The number of nitrogens with zero attached hydrogens (tertiary/aromatic N) is 1. The Labute approximate surface area is 70.0 Å². The summed E-state index contributed by atoms with van der Waals surface area (Å²) < 4.78 is 1.99. The van der Waals surface area contributed by atoms with Gasteiger partial charge < -0.3 is 3.11 Å². The van der Waals surface area contributed by atoms with Crippen LogP contribution in [0.4, 0.5) is 0 Å². The third-order valence-electron chi connectivity index (χ3n) is 0.648. The van der Waals surface area contributed by atoms with Crippen LogP contribution >= 0.6 is 35.5 Å². The van der Waals surface area contributed by atoms with Crippen LogP contribution in [0.25, 0.3) is 0 Å². The second-order valence-electron chi connectivity index (χ2n) is 1.66. The Morgan fingerprint density at radius 1 is 1.88 bits per heavy atom. The number of hydrogen-bond donors (Lipinski definition) is 1. The summed E-state index contributed by atoms with van der Waals surface area (Å²) >= 11 is 6.30. The maximum atomic E-state index is 4.09. The summed E-state index contributed by atoms with van der Waals surface area (Å²) in [5, 5.41) is 0. The normalized spacial score (nSPS) is 11.8. The van der Waals surface area contributed by atoms with Crippen molar-refractivity contribution in [3.05, 3.63) is 11.8 Å². The predicted molar refractivity (Wildman–Crippen MR) is 49.4 cm³/mol. The lowest BCUT2D eigenvalue weighted by Gasteiger charge is -2.02. The monoisotopic (exact) mass is 243 g/mol. The lowest BCUT2D eigenvalue weighted by atomic mass is 10.4. The first kappa shape index (κ1) is 8.62. The lowest BCUT2D eigenvalue weighted by molar-refractivity contribution is 0.823. The van der Waals surface area contributed by atoms with Gasteiger partial charge in [-0.1, -0.05) is 0 Å². The van der Waals surface area contributed by atoms with Crippen molar-refractivity contribution < 1.29 is 0 Å². The third-order valence-corrected chi connectivity index (χ3v) is 1.43. The van der Waals surface area contributed by atoms with Crippen LogP contribution in [0.3, 0.4) is 0 Å². The average molecular weight is 243 g/mol. The van der Waals surface area contributed by atoms with Crippen LogP contribution in [-0.2, 0) is 0 Å². The first-order valence-electron chi connectivity index (χ1n) is 2.33. The molecule has 0 aromatic rings. The van der Waals surface area contributed by atoms with Crippen LogP contribution in [0.2, 0.25) is 0 Å². The van der Waals surface area contributed by atoms with Gasteiger partial charge >= 0.3 is 0 Å². The molecule has 0 unspecified atom stereocenters. The summed E-state index contributed by atoms with van der Waals surface area (Å²) in [5.41, 5.74) is 1.28. The van der Waals surface area contributed by atoms with Crippen molar-refractivity contribution in [3.8, 4) is 0 Å². The molecule has 0 atom stereocenters. The van der Waals surface area contributed by atoms with E-state index < -0.39 is 0 Å². The van der Waals surface area contributed by atoms with Gasteiger partial charge in [0, 0.05) is 19.0 Å². The lowest BCUT2D eigenvalue weighted by Crippen LogP contribution is -1.92. The molecular weight excluding hydrogens is 233 g/mol. The molecule has 0 aromatic carbocycles. The molecule has 1 nitrogen and oxygen atoms in total. The Kier molecular flexibility index (Phi) is 4.84. The van der Waals surface area contributed by atoms with Gasteiger partial charge in [-0.25, -0.2) is 0 Å². The van der Waals surface area contributed by atoms with Crippen molar-refractivity contribution in [2.24, 2.45) is 0 Å². The van der Waals surface area contributed by atoms with Gasteiger partial charge in [-0.2, -0.15) is 12.6 Å². The number of rotatable bonds is 2. The van der Waals surface area contributed by atoms with Crippen molar-refractivity contribution in [3.63, 3.8) is 0 Å². The van der Waals surface area contributed by atoms with Gasteiger partial charge in [0.1, 0.15) is 0 Å². The van der Waals surface area contributed by atoms with Gasteiger partial charge in [-0.05, 0) is 12.5 Å². The van der Waals surface area contributed by atoms with Crippen LogP contribution in [0.5, 0.6) is 0 Å². The minimum atomic E-state index is 0.841. The van der Waals surface area contributed by atoms with Crippen LogP contribution in [-0.4, -0.2) is 15.9 Å². The molecule has 0 N–H and O–H groups in total. The highest BCUT2D eigenvalue weighted by molar-refractivity contribution is 14.1. The van der Waals surface area contributed by atoms with E-state index in [1.54, 1.807) is 0 Å². The van der Waals surface area contributed by atoms with Crippen LogP contribution in [0, 0.1) is 0 Å². The average Bonchev–Trinajstić information content (AvgIpc) is 1.65. The number of halogens is 1. The van der Waals surface area contributed by atoms with Gasteiger partial charge in [0.2, 0.25) is 0 Å². The molecule has 0 amide bonds. The fourth-order valence-electron chi connectivity index (χ4n) is 0.345. The molecule has 0 aromatic heterocycles. The fourth-order valence-corrected chi connectivity index (χ4v) is 0.902. The second kappa shape index (κ2) is 4.49. The fraction of sp³-hybridized carbons (Fsp3) is 0.600. The third kappa shape index (κ3) is 4.77. The predicted octanol–water partition coefficient (Wildman–Crippen LogP) is 2.10. The zero-order valence-corrected chi connectivity index (χ0v) is 8.11. The van der Waals surface area contributed by atoms with E-state index in [1.807, 2.05) is 16.4 Å². The van der Waals surface area contributed by atoms with Gasteiger partial charge in [0.15, 0.2) is 0 Å². The highest BCUT2D eigenvalue weighted by atomic mass is 127. The van der Waals surface area contributed by atoms with Crippen molar-refractivity contribution in [2.45, 2.75) is 6.92 Å². The van der Waals surface area contributed by atoms with Crippen LogP contribution in [0.1, 0.15) is 6.92 Å². The smallest absolute Gasteiger partial charge is 0.0583 e. The summed E-state index contributed by atoms with van der Waals surface area (Å²) in [4.78, 5) is 0. The Hall–Kier alpha value is 0.620. The van der Waals surface area contributed by atoms with Crippen molar-refractivity contribution in [2.75, 3.05) is 12.8 Å². The zero-order valence-electron chi connectivity index (χ0n) is 5.06. The highest BCUT2D eigenvalue weighted by Crippen LogP contribution is 2.00. The molecule has 0 spiro atoms. The molecule has 0 radical (unpaired) electrons. The maximum Gasteiger partial charge on any atom is 0.0583 e. The molecule has 48 valence electrons. The summed E-state index contributed by atoms with van der Waals surface area (Å²) in [6.07, 6.45) is 2.05. The van der Waals surface area contributed by atoms with Gasteiger partial charge in [0.25, 0.3) is 0 Å². The molecule has 0 aliphatic rings. The number of hydrogen-bond acceptors (Lipinski definition) is 2. The molecule has 0 aliphatic carbocycles. The first-order valence-corrected chi connectivity index (χ1v) is 3.93. The van der Waals surface area contributed by atoms with E-state index in [0.29, 0.717) is 0 Å². The molecular formula is C5H10INS. The Morgan fingerprint density at radius 2 is 2.38 bits per heavy atom. The largest absolute Gasteiger partial charge is 0.325 e. The van der Waals surface area contributed by atoms with E-state index in [2.05, 4.69) is 42.4 Å². The van der Waals surface area contributed by atoms with E-state index in [-0.39, 0.29) is 0 Å². The molecule has 0 fully saturated rings. The van der Waals surface area contributed by atoms with Crippen molar-refractivity contribution >= 4 is 35.5 Å². The van der Waals surface area contributed by atoms with E-state index >= 15 is 0 Å². The van der Waals surface area contributed by atoms with Gasteiger partial charge in [-0.15, -0.1) is 0 Å². The topological polar surface area (TPSA) is 3.24 Å². The zero-order chi connectivity index (χ0) is 6.57. The van der Waals surface area contributed by atoms with E-state index in [0.717, 1.165) is 5.75 Å². The molecule has 8 heavy (non-hydrogen) atoms. The molecule has 0 bridgehead atoms. The second-order valence-corrected chi connectivity index (χ2v) is 3.50. The summed E-state index contributed by atoms with van der Waals surface area (Å²) in [6.45, 7) is 2.06. The molecule has 0 aliphatic heterocycles. The van der Waals surface area contributed by atoms with E-state index in [9.17, 15) is 0 Å². The Bertz CT molecular complexity index is 90.4. The summed E-state index contributed by atoms with van der Waals surface area (Å²) in [6, 6.07) is 0. The van der Waals surface area contributed by atoms with Crippen molar-refractivity contribution in [1.82, 2.24) is 3.11 Å². The first-order chi connectivity index (χ1) is 3.66. The molecule has 0 rings (SSSR count). The van der Waals surface area contributed by atoms with Gasteiger partial charge in [-0.3, -0.25) is 0 Å². The Morgan fingerprint density at radius 3 is 2.50 bits per heavy atom. The number of thiol groups is 1. The van der Waals surface area contributed by atoms with Crippen LogP contribution < -0.4 is 0 Å². The van der Waals surface area contributed by atoms with Gasteiger partial charge in [0.05, 0.1) is 22.9 Å². The summed E-state index contributed by atoms with van der Waals surface area (Å²) in [5.74, 6) is 0.841. The maximum absolute atomic E-state index is 4.09. The Balaban J connectivity index is 3.56. The molecule has 0 heterocycles. The standard InChI is InChI=1S/C5H10INS/c1-5(4-8)3-7(2)6/h3,8H,4H2,1-2H3. The molecule has 0 saturated heterocycles. The highest BCUT2D eigenvalue weighted by Gasteiger charge is 1.83. The van der Waals surface area contributed by atoms with Crippen LogP contribution in [0.15, 0.2) is 11.8 Å². The SMILES string of the molecule is CC(=CN(C)I)CS. The summed E-state index contributed by atoms with van der Waals surface area (Å²) in [7, 11) is 1.99. The molecule has 3 heteroatoms. The van der Waals surface area contributed by atoms with Crippen molar-refractivity contribution in [1.29, 1.82) is 0 Å². The minimum absolute atomic E-state index is 0.841.